The Kier molecular flexibility index (Phi) is 5.82. The topological polar surface area (TPSA) is 84.3 Å². The maximum atomic E-state index is 14.4. The molecule has 3 aromatic carbocycles. The molecule has 0 bridgehead atoms. The summed E-state index contributed by atoms with van der Waals surface area (Å²) < 4.78 is 44.2. The average Bonchev–Trinajstić information content (AvgIpc) is 3.48. The molecular formula is C29H21F3N4O3. The molecule has 2 aliphatic heterocycles. The molecule has 1 N–H and O–H groups in total. The number of carbonyl (C=O) groups is 3. The predicted molar refractivity (Wildman–Crippen MR) is 135 cm³/mol. The van der Waals surface area contributed by atoms with E-state index in [1.54, 1.807) is 78.9 Å². The first-order valence-electron chi connectivity index (χ1n) is 12.3. The number of nitrogens with one attached hydrogen (secondary N) is 1. The van der Waals surface area contributed by atoms with Gasteiger partial charge in [0.2, 0.25) is 17.6 Å². The van der Waals surface area contributed by atoms with Crippen LogP contribution in [0.1, 0.15) is 34.6 Å². The minimum absolute atomic E-state index is 0.0977. The summed E-state index contributed by atoms with van der Waals surface area (Å²) in [4.78, 5) is 42.6. The predicted octanol–water partition coefficient (Wildman–Crippen LogP) is 4.99. The smallest absolute Gasteiger partial charge is 0.322 e. The van der Waals surface area contributed by atoms with Crippen LogP contribution in [0.4, 0.5) is 13.2 Å². The number of alkyl halides is 3. The molecule has 3 amide bonds. The summed E-state index contributed by atoms with van der Waals surface area (Å²) in [7, 11) is 0. The van der Waals surface area contributed by atoms with Gasteiger partial charge in [-0.05, 0) is 36.2 Å². The molecule has 39 heavy (non-hydrogen) atoms. The maximum absolute atomic E-state index is 14.4. The van der Waals surface area contributed by atoms with E-state index in [0.717, 1.165) is 4.57 Å². The van der Waals surface area contributed by atoms with Crippen LogP contribution < -0.4 is 5.32 Å². The Labute approximate surface area is 220 Å². The average molecular weight is 531 g/mol. The molecule has 7 nitrogen and oxygen atoms in total. The monoisotopic (exact) mass is 530 g/mol. The molecule has 4 aromatic rings. The van der Waals surface area contributed by atoms with Gasteiger partial charge in [-0.25, -0.2) is 4.98 Å². The summed E-state index contributed by atoms with van der Waals surface area (Å²) >= 11 is 0. The highest BCUT2D eigenvalue weighted by Crippen LogP contribution is 2.41. The third-order valence-electron chi connectivity index (χ3n) is 6.99. The van der Waals surface area contributed by atoms with E-state index in [-0.39, 0.29) is 42.6 Å². The van der Waals surface area contributed by atoms with Gasteiger partial charge in [0, 0.05) is 35.3 Å². The van der Waals surface area contributed by atoms with E-state index in [0.29, 0.717) is 27.9 Å². The van der Waals surface area contributed by atoms with Crippen molar-refractivity contribution in [2.75, 3.05) is 0 Å². The number of hydrogen-bond donors (Lipinski definition) is 1. The number of halogens is 3. The van der Waals surface area contributed by atoms with E-state index in [9.17, 15) is 27.6 Å². The first-order valence-corrected chi connectivity index (χ1v) is 12.3. The minimum atomic E-state index is -4.74. The highest BCUT2D eigenvalue weighted by molar-refractivity contribution is 6.05. The molecule has 1 unspecified atom stereocenters. The highest BCUT2D eigenvalue weighted by Gasteiger charge is 2.41. The van der Waals surface area contributed by atoms with Crippen molar-refractivity contribution >= 4 is 17.7 Å². The van der Waals surface area contributed by atoms with Crippen LogP contribution in [-0.2, 0) is 22.3 Å². The molecule has 196 valence electrons. The van der Waals surface area contributed by atoms with Gasteiger partial charge >= 0.3 is 6.18 Å². The van der Waals surface area contributed by atoms with E-state index < -0.39 is 23.9 Å². The molecular weight excluding hydrogens is 509 g/mol. The van der Waals surface area contributed by atoms with Gasteiger partial charge in [0.05, 0.1) is 11.4 Å². The Balaban J connectivity index is 1.49. The molecule has 0 aliphatic carbocycles. The lowest BCUT2D eigenvalue weighted by atomic mass is 10.0. The van der Waals surface area contributed by atoms with Crippen LogP contribution in [0.2, 0.25) is 0 Å². The van der Waals surface area contributed by atoms with E-state index >= 15 is 0 Å². The second-order valence-electron chi connectivity index (χ2n) is 9.44. The number of imide groups is 1. The van der Waals surface area contributed by atoms with Gasteiger partial charge in [-0.15, -0.1) is 0 Å². The fraction of sp³-hybridized carbons (Fsp3) is 0.172. The molecule has 1 saturated heterocycles. The van der Waals surface area contributed by atoms with Crippen LogP contribution in [0, 0.1) is 0 Å². The van der Waals surface area contributed by atoms with Crippen molar-refractivity contribution in [3.63, 3.8) is 0 Å². The maximum Gasteiger partial charge on any atom is 0.450 e. The number of rotatable bonds is 4. The van der Waals surface area contributed by atoms with Crippen molar-refractivity contribution in [1.82, 2.24) is 19.8 Å². The number of fused-ring (bicyclic) bond motifs is 1. The number of para-hydroxylation sites is 1. The van der Waals surface area contributed by atoms with Gasteiger partial charge < -0.3 is 4.90 Å². The molecule has 6 rings (SSSR count). The lowest BCUT2D eigenvalue weighted by Gasteiger charge is -2.29. The number of aromatic nitrogens is 2. The molecule has 10 heteroatoms. The zero-order valence-electron chi connectivity index (χ0n) is 20.4. The second-order valence-corrected chi connectivity index (χ2v) is 9.44. The number of nitrogens with zero attached hydrogens (tertiary/aromatic N) is 3. The van der Waals surface area contributed by atoms with Gasteiger partial charge in [0.15, 0.2) is 0 Å². The number of amides is 3. The third-order valence-corrected chi connectivity index (χ3v) is 6.99. The van der Waals surface area contributed by atoms with Crippen molar-refractivity contribution in [3.8, 4) is 28.2 Å². The first-order chi connectivity index (χ1) is 18.7. The van der Waals surface area contributed by atoms with Crippen LogP contribution in [0.25, 0.3) is 28.2 Å². The molecule has 1 atom stereocenters. The minimum Gasteiger partial charge on any atom is -0.322 e. The summed E-state index contributed by atoms with van der Waals surface area (Å²) in [6.07, 6.45) is -4.40. The van der Waals surface area contributed by atoms with Crippen LogP contribution in [0.3, 0.4) is 0 Å². The van der Waals surface area contributed by atoms with Crippen molar-refractivity contribution in [2.45, 2.75) is 31.6 Å². The molecule has 0 spiro atoms. The van der Waals surface area contributed by atoms with Crippen molar-refractivity contribution < 1.29 is 27.6 Å². The Morgan fingerprint density at radius 3 is 2.23 bits per heavy atom. The second kappa shape index (κ2) is 9.23. The number of hydrogen-bond acceptors (Lipinski definition) is 4. The van der Waals surface area contributed by atoms with Crippen molar-refractivity contribution in [3.05, 3.63) is 95.8 Å². The van der Waals surface area contributed by atoms with Crippen molar-refractivity contribution in [2.24, 2.45) is 0 Å². The van der Waals surface area contributed by atoms with Crippen LogP contribution in [0.5, 0.6) is 0 Å². The zero-order chi connectivity index (χ0) is 27.3. The normalized spacial score (nSPS) is 17.4. The van der Waals surface area contributed by atoms with Crippen LogP contribution in [0.15, 0.2) is 78.9 Å². The summed E-state index contributed by atoms with van der Waals surface area (Å²) in [5, 5.41) is 2.26. The fourth-order valence-corrected chi connectivity index (χ4v) is 5.22. The Morgan fingerprint density at radius 2 is 1.56 bits per heavy atom. The highest BCUT2D eigenvalue weighted by atomic mass is 19.4. The van der Waals surface area contributed by atoms with Gasteiger partial charge in [-0.2, -0.15) is 13.2 Å². The van der Waals surface area contributed by atoms with E-state index in [4.69, 9.17) is 0 Å². The Bertz CT molecular complexity index is 1610. The van der Waals surface area contributed by atoms with Gasteiger partial charge in [0.25, 0.3) is 5.91 Å². The zero-order valence-corrected chi connectivity index (χ0v) is 20.4. The van der Waals surface area contributed by atoms with Crippen LogP contribution >= 0.6 is 0 Å². The molecule has 0 saturated carbocycles. The third kappa shape index (κ3) is 4.27. The molecule has 0 radical (unpaired) electrons. The summed E-state index contributed by atoms with van der Waals surface area (Å²) in [5.41, 5.74) is 2.58. The SMILES string of the molecule is O=C1CCC(N2Cc3cc(-c4nc(C(F)(F)F)n(-c5ccccc5)c4-c4ccccc4)ccc3C2=O)C(=O)N1. The number of benzene rings is 3. The first kappa shape index (κ1) is 24.6. The van der Waals surface area contributed by atoms with Crippen molar-refractivity contribution in [1.29, 1.82) is 0 Å². The molecule has 2 aliphatic rings. The Hall–Kier alpha value is -4.73. The summed E-state index contributed by atoms with van der Waals surface area (Å²) in [6, 6.07) is 20.9. The Morgan fingerprint density at radius 1 is 0.872 bits per heavy atom. The summed E-state index contributed by atoms with van der Waals surface area (Å²) in [6.45, 7) is 0.0977. The quantitative estimate of drug-likeness (QED) is 0.377. The van der Waals surface area contributed by atoms with Crippen LogP contribution in [-0.4, -0.2) is 38.2 Å². The van der Waals surface area contributed by atoms with E-state index in [2.05, 4.69) is 10.3 Å². The number of piperidine rings is 1. The molecule has 3 heterocycles. The van der Waals surface area contributed by atoms with Gasteiger partial charge in [0.1, 0.15) is 6.04 Å². The molecule has 1 aromatic heterocycles. The number of carbonyl (C=O) groups excluding carboxylic acids is 3. The summed E-state index contributed by atoms with van der Waals surface area (Å²) in [5.74, 6) is -2.34. The molecule has 1 fully saturated rings. The number of imidazole rings is 1. The fourth-order valence-electron chi connectivity index (χ4n) is 5.22. The lowest BCUT2D eigenvalue weighted by molar-refractivity contribution is -0.145. The standard InChI is InChI=1S/C29H21F3N4O3/c30-29(31,32)28-34-24(25(17-7-3-1-4-8-17)36(28)20-9-5-2-6-10-20)18-11-12-21-19(15-18)16-35(27(21)39)22-13-14-23(37)33-26(22)38/h1-12,15,22H,13-14,16H2,(H,33,37,38). The van der Waals surface area contributed by atoms with Gasteiger partial charge in [-0.3, -0.25) is 24.3 Å². The van der Waals surface area contributed by atoms with Gasteiger partial charge in [-0.1, -0.05) is 54.6 Å². The lowest BCUT2D eigenvalue weighted by Crippen LogP contribution is -2.52. The van der Waals surface area contributed by atoms with E-state index in [1.165, 1.54) is 4.90 Å². The van der Waals surface area contributed by atoms with E-state index in [1.807, 2.05) is 0 Å². The largest absolute Gasteiger partial charge is 0.450 e.